The number of unbranched alkanes of at least 4 members (excludes halogenated alkanes) is 4. The molecule has 0 saturated heterocycles. The lowest BCUT2D eigenvalue weighted by Crippen LogP contribution is -1.85. The van der Waals surface area contributed by atoms with Crippen molar-refractivity contribution in [3.05, 3.63) is 0 Å². The first-order chi connectivity index (χ1) is 4.77. The molecule has 0 bridgehead atoms. The van der Waals surface area contributed by atoms with Crippen LogP contribution in [0.25, 0.3) is 0 Å². The predicted molar refractivity (Wildman–Crippen MR) is 46.7 cm³/mol. The highest BCUT2D eigenvalue weighted by Crippen LogP contribution is 2.05. The molecule has 0 unspecified atom stereocenters. The number of carbonyl (C=O) groups excluding carboxylic acids is 1. The van der Waals surface area contributed by atoms with Crippen LogP contribution in [0.1, 0.15) is 45.4 Å². The van der Waals surface area contributed by atoms with Gasteiger partial charge in [-0.25, -0.2) is 0 Å². The highest BCUT2D eigenvalue weighted by Gasteiger charge is 1.94. The lowest BCUT2D eigenvalue weighted by molar-refractivity contribution is -0.111. The summed E-state index contributed by atoms with van der Waals surface area (Å²) in [5.41, 5.74) is 0. The number of hydrogen-bond donors (Lipinski definition) is 0. The number of hydrogen-bond acceptors (Lipinski definition) is 1. The van der Waals surface area contributed by atoms with E-state index in [0.29, 0.717) is 6.42 Å². The minimum absolute atomic E-state index is 0. The molecule has 3 heteroatoms. The summed E-state index contributed by atoms with van der Waals surface area (Å²) in [6.07, 6.45) is 6.41. The molecule has 68 valence electrons. The molecule has 1 nitrogen and oxygen atoms in total. The van der Waals surface area contributed by atoms with E-state index in [1.807, 2.05) is 0 Å². The zero-order chi connectivity index (χ0) is 7.82. The summed E-state index contributed by atoms with van der Waals surface area (Å²) in [6.45, 7) is 2.17. The summed E-state index contributed by atoms with van der Waals surface area (Å²) < 4.78 is 0. The molecule has 0 amide bonds. The SMILES string of the molecule is CCCCCCCC(=O)Cl.F. The van der Waals surface area contributed by atoms with Gasteiger partial charge in [0.15, 0.2) is 0 Å². The second-order valence-electron chi connectivity index (χ2n) is 2.52. The fraction of sp³-hybridized carbons (Fsp3) is 0.875. The first kappa shape index (κ1) is 13.5. The molecule has 0 atom stereocenters. The van der Waals surface area contributed by atoms with E-state index in [2.05, 4.69) is 6.92 Å². The average molecular weight is 183 g/mol. The van der Waals surface area contributed by atoms with E-state index in [1.54, 1.807) is 0 Å². The molecule has 0 aliphatic heterocycles. The van der Waals surface area contributed by atoms with Crippen LogP contribution in [0, 0.1) is 0 Å². The Hall–Kier alpha value is -0.110. The van der Waals surface area contributed by atoms with Crippen LogP contribution in [0.3, 0.4) is 0 Å². The number of carbonyl (C=O) groups is 1. The van der Waals surface area contributed by atoms with Gasteiger partial charge in [-0.3, -0.25) is 9.50 Å². The molecule has 0 saturated carbocycles. The lowest BCUT2D eigenvalue weighted by Gasteiger charge is -1.95. The Bertz CT molecular complexity index is 96.1. The van der Waals surface area contributed by atoms with Gasteiger partial charge in [0.25, 0.3) is 0 Å². The first-order valence-corrected chi connectivity index (χ1v) is 4.33. The van der Waals surface area contributed by atoms with Gasteiger partial charge < -0.3 is 0 Å². The largest absolute Gasteiger partial charge is 0.281 e. The van der Waals surface area contributed by atoms with Crippen LogP contribution < -0.4 is 0 Å². The van der Waals surface area contributed by atoms with Crippen molar-refractivity contribution in [3.63, 3.8) is 0 Å². The third-order valence-electron chi connectivity index (χ3n) is 1.48. The van der Waals surface area contributed by atoms with Crippen molar-refractivity contribution < 1.29 is 9.50 Å². The van der Waals surface area contributed by atoms with Gasteiger partial charge in [0.05, 0.1) is 0 Å². The van der Waals surface area contributed by atoms with Crippen LogP contribution in [0.2, 0.25) is 0 Å². The molecule has 0 aromatic rings. The van der Waals surface area contributed by atoms with E-state index in [1.165, 1.54) is 19.3 Å². The Morgan fingerprint density at radius 3 is 2.18 bits per heavy atom. The van der Waals surface area contributed by atoms with Crippen LogP contribution in [0.15, 0.2) is 0 Å². The minimum Gasteiger partial charge on any atom is -0.281 e. The molecule has 0 aliphatic rings. The van der Waals surface area contributed by atoms with Gasteiger partial charge in [-0.15, -0.1) is 0 Å². The molecule has 0 spiro atoms. The van der Waals surface area contributed by atoms with Crippen LogP contribution in [-0.4, -0.2) is 5.24 Å². The van der Waals surface area contributed by atoms with E-state index in [4.69, 9.17) is 11.6 Å². The fourth-order valence-electron chi connectivity index (χ4n) is 0.868. The van der Waals surface area contributed by atoms with Crippen molar-refractivity contribution in [1.29, 1.82) is 0 Å². The zero-order valence-electron chi connectivity index (χ0n) is 6.94. The monoisotopic (exact) mass is 182 g/mol. The standard InChI is InChI=1S/C8H15ClO.FH/c1-2-3-4-5-6-7-8(9)10;/h2-7H2,1H3;1H. The van der Waals surface area contributed by atoms with Gasteiger partial charge in [0.1, 0.15) is 0 Å². The molecule has 0 heterocycles. The minimum atomic E-state index is -0.198. The summed E-state index contributed by atoms with van der Waals surface area (Å²) in [7, 11) is 0. The Kier molecular flexibility index (Phi) is 12.1. The van der Waals surface area contributed by atoms with Crippen molar-refractivity contribution in [2.45, 2.75) is 45.4 Å². The van der Waals surface area contributed by atoms with Crippen LogP contribution in [0.5, 0.6) is 0 Å². The van der Waals surface area contributed by atoms with Gasteiger partial charge in [-0.1, -0.05) is 32.6 Å². The lowest BCUT2D eigenvalue weighted by atomic mass is 10.1. The second kappa shape index (κ2) is 9.89. The quantitative estimate of drug-likeness (QED) is 0.455. The van der Waals surface area contributed by atoms with Gasteiger partial charge in [-0.05, 0) is 18.0 Å². The second-order valence-corrected chi connectivity index (χ2v) is 2.94. The Morgan fingerprint density at radius 1 is 1.18 bits per heavy atom. The molecule has 0 N–H and O–H groups in total. The molecule has 0 radical (unpaired) electrons. The van der Waals surface area contributed by atoms with Crippen molar-refractivity contribution in [3.8, 4) is 0 Å². The third kappa shape index (κ3) is 13.0. The Labute approximate surface area is 72.5 Å². The molecule has 0 fully saturated rings. The average Bonchev–Trinajstić information content (AvgIpc) is 1.87. The van der Waals surface area contributed by atoms with Crippen molar-refractivity contribution in [2.75, 3.05) is 0 Å². The molecule has 0 aliphatic carbocycles. The first-order valence-electron chi connectivity index (χ1n) is 3.95. The highest BCUT2D eigenvalue weighted by atomic mass is 35.5. The van der Waals surface area contributed by atoms with Gasteiger partial charge in [-0.2, -0.15) is 0 Å². The van der Waals surface area contributed by atoms with E-state index >= 15 is 0 Å². The molecule has 0 rings (SSSR count). The van der Waals surface area contributed by atoms with Crippen molar-refractivity contribution >= 4 is 16.8 Å². The Morgan fingerprint density at radius 2 is 1.73 bits per heavy atom. The summed E-state index contributed by atoms with van der Waals surface area (Å²) in [5.74, 6) is 0. The molecule has 0 aromatic carbocycles. The fourth-order valence-corrected chi connectivity index (χ4v) is 1.00. The maximum Gasteiger partial charge on any atom is 0.221 e. The Balaban J connectivity index is 0. The molecule has 0 aromatic heterocycles. The third-order valence-corrected chi connectivity index (χ3v) is 1.67. The van der Waals surface area contributed by atoms with Gasteiger partial charge in [0.2, 0.25) is 5.24 Å². The molecular weight excluding hydrogens is 167 g/mol. The summed E-state index contributed by atoms with van der Waals surface area (Å²) >= 11 is 5.15. The summed E-state index contributed by atoms with van der Waals surface area (Å²) in [6, 6.07) is 0. The summed E-state index contributed by atoms with van der Waals surface area (Å²) in [5, 5.41) is -0.198. The van der Waals surface area contributed by atoms with Crippen LogP contribution in [0.4, 0.5) is 4.70 Å². The maximum absolute atomic E-state index is 10.2. The van der Waals surface area contributed by atoms with Crippen LogP contribution in [-0.2, 0) is 4.79 Å². The van der Waals surface area contributed by atoms with Crippen molar-refractivity contribution in [1.82, 2.24) is 0 Å². The molecule has 11 heavy (non-hydrogen) atoms. The van der Waals surface area contributed by atoms with Crippen LogP contribution >= 0.6 is 11.6 Å². The zero-order valence-corrected chi connectivity index (χ0v) is 7.69. The highest BCUT2D eigenvalue weighted by molar-refractivity contribution is 6.63. The van der Waals surface area contributed by atoms with E-state index < -0.39 is 0 Å². The van der Waals surface area contributed by atoms with E-state index in [9.17, 15) is 4.79 Å². The number of rotatable bonds is 6. The maximum atomic E-state index is 10.2. The number of halogens is 2. The van der Waals surface area contributed by atoms with Gasteiger partial charge in [0, 0.05) is 6.42 Å². The normalized spacial score (nSPS) is 8.91. The molecular formula is C8H16ClFO. The summed E-state index contributed by atoms with van der Waals surface area (Å²) in [4.78, 5) is 10.2. The smallest absolute Gasteiger partial charge is 0.221 e. The van der Waals surface area contributed by atoms with Crippen molar-refractivity contribution in [2.24, 2.45) is 0 Å². The van der Waals surface area contributed by atoms with E-state index in [-0.39, 0.29) is 9.95 Å². The predicted octanol–water partition coefficient (Wildman–Crippen LogP) is 3.26. The van der Waals surface area contributed by atoms with E-state index in [0.717, 1.165) is 12.8 Å². The van der Waals surface area contributed by atoms with Gasteiger partial charge >= 0.3 is 0 Å². The topological polar surface area (TPSA) is 17.1 Å².